The fraction of sp³-hybridized carbons (Fsp3) is 0.125. The van der Waals surface area contributed by atoms with Gasteiger partial charge in [0.2, 0.25) is 0 Å². The second-order valence-corrected chi connectivity index (χ2v) is 4.07. The molecule has 0 N–H and O–H groups in total. The van der Waals surface area contributed by atoms with Crippen molar-refractivity contribution in [2.45, 2.75) is 6.54 Å². The summed E-state index contributed by atoms with van der Waals surface area (Å²) in [4.78, 5) is 21.5. The first kappa shape index (κ1) is 11.5. The lowest BCUT2D eigenvalue weighted by Gasteiger charge is -1.99. The molecule has 0 aliphatic rings. The maximum Gasteiger partial charge on any atom is 0.307 e. The molecule has 0 bridgehead atoms. The van der Waals surface area contributed by atoms with Crippen molar-refractivity contribution in [3.8, 4) is 0 Å². The lowest BCUT2D eigenvalue weighted by molar-refractivity contribution is -0.385. The Balaban J connectivity index is 2.10. The van der Waals surface area contributed by atoms with Crippen LogP contribution in [0.15, 0.2) is 29.3 Å². The Bertz CT molecular complexity index is 575. The zero-order chi connectivity index (χ0) is 12.4. The van der Waals surface area contributed by atoms with Gasteiger partial charge in [-0.1, -0.05) is 0 Å². The average molecular weight is 300 g/mol. The van der Waals surface area contributed by atoms with E-state index in [2.05, 4.69) is 26.1 Å². The van der Waals surface area contributed by atoms with Crippen molar-refractivity contribution >= 4 is 27.5 Å². The van der Waals surface area contributed by atoms with Gasteiger partial charge in [-0.2, -0.15) is 10.2 Å². The van der Waals surface area contributed by atoms with Gasteiger partial charge in [0.25, 0.3) is 5.91 Å². The van der Waals surface area contributed by atoms with E-state index >= 15 is 0 Å². The van der Waals surface area contributed by atoms with E-state index in [-0.39, 0.29) is 18.1 Å². The third-order valence-electron chi connectivity index (χ3n) is 1.93. The molecule has 17 heavy (non-hydrogen) atoms. The van der Waals surface area contributed by atoms with E-state index in [4.69, 9.17) is 0 Å². The quantitative estimate of drug-likeness (QED) is 0.624. The minimum Gasteiger partial charge on any atom is -0.270 e. The molecule has 0 spiro atoms. The summed E-state index contributed by atoms with van der Waals surface area (Å²) in [5, 5.41) is 17.9. The smallest absolute Gasteiger partial charge is 0.270 e. The highest BCUT2D eigenvalue weighted by Crippen LogP contribution is 2.09. The highest BCUT2D eigenvalue weighted by molar-refractivity contribution is 9.10. The summed E-state index contributed by atoms with van der Waals surface area (Å²) in [5.74, 6) is -0.339. The van der Waals surface area contributed by atoms with Crippen molar-refractivity contribution in [3.63, 3.8) is 0 Å². The topological polar surface area (TPSA) is 95.9 Å². The number of halogens is 1. The largest absolute Gasteiger partial charge is 0.307 e. The van der Waals surface area contributed by atoms with Crippen LogP contribution in [0.2, 0.25) is 0 Å². The molecule has 9 heteroatoms. The van der Waals surface area contributed by atoms with Gasteiger partial charge in [-0.25, -0.2) is 4.68 Å². The zero-order valence-corrected chi connectivity index (χ0v) is 9.94. The molecule has 0 aliphatic heterocycles. The van der Waals surface area contributed by atoms with Crippen molar-refractivity contribution in [1.82, 2.24) is 19.6 Å². The number of carbonyl (C=O) groups excluding carboxylic acids is 1. The second-order valence-electron chi connectivity index (χ2n) is 3.15. The van der Waals surface area contributed by atoms with Crippen LogP contribution < -0.4 is 0 Å². The lowest BCUT2D eigenvalue weighted by atomic mass is 10.5. The van der Waals surface area contributed by atoms with Crippen molar-refractivity contribution in [1.29, 1.82) is 0 Å². The first-order chi connectivity index (χ1) is 8.06. The molecular formula is C8H6BrN5O3. The van der Waals surface area contributed by atoms with Crippen LogP contribution in [0.4, 0.5) is 5.69 Å². The Hall–Kier alpha value is -2.03. The number of nitrogens with zero attached hydrogens (tertiary/aromatic N) is 5. The van der Waals surface area contributed by atoms with Gasteiger partial charge in [-0.05, 0) is 15.9 Å². The zero-order valence-electron chi connectivity index (χ0n) is 8.36. The molecule has 2 aromatic rings. The summed E-state index contributed by atoms with van der Waals surface area (Å²) in [5.41, 5.74) is -0.153. The van der Waals surface area contributed by atoms with Gasteiger partial charge in [0.1, 0.15) is 18.9 Å². The highest BCUT2D eigenvalue weighted by Gasteiger charge is 2.12. The van der Waals surface area contributed by atoms with Gasteiger partial charge in [0.15, 0.2) is 0 Å². The number of nitro groups is 1. The number of aromatic nitrogens is 4. The molecule has 88 valence electrons. The van der Waals surface area contributed by atoms with Gasteiger partial charge in [0, 0.05) is 6.20 Å². The first-order valence-electron chi connectivity index (χ1n) is 4.46. The van der Waals surface area contributed by atoms with Gasteiger partial charge in [0.05, 0.1) is 15.6 Å². The summed E-state index contributed by atoms with van der Waals surface area (Å²) < 4.78 is 3.01. The molecule has 0 fully saturated rings. The summed E-state index contributed by atoms with van der Waals surface area (Å²) in [6, 6.07) is 0. The average Bonchev–Trinajstić information content (AvgIpc) is 2.86. The van der Waals surface area contributed by atoms with E-state index < -0.39 is 4.92 Å². The molecule has 0 saturated heterocycles. The van der Waals surface area contributed by atoms with Crippen LogP contribution in [-0.4, -0.2) is 30.4 Å². The van der Waals surface area contributed by atoms with Crippen LogP contribution in [0.25, 0.3) is 0 Å². The van der Waals surface area contributed by atoms with E-state index in [0.717, 1.165) is 10.9 Å². The Morgan fingerprint density at radius 2 is 2.18 bits per heavy atom. The predicted octanol–water partition coefficient (Wildman–Crippen LogP) is 1.09. The molecule has 2 heterocycles. The molecule has 8 nitrogen and oxygen atoms in total. The fourth-order valence-corrected chi connectivity index (χ4v) is 1.47. The summed E-state index contributed by atoms with van der Waals surface area (Å²) >= 11 is 3.16. The van der Waals surface area contributed by atoms with Crippen LogP contribution >= 0.6 is 15.9 Å². The maximum absolute atomic E-state index is 11.7. The number of rotatable bonds is 3. The SMILES string of the molecule is O=C(Cn1cc([N+](=O)[O-])cn1)n1cc(Br)cn1. The Morgan fingerprint density at radius 3 is 2.71 bits per heavy atom. The van der Waals surface area contributed by atoms with Crippen LogP contribution in [0, 0.1) is 10.1 Å². The van der Waals surface area contributed by atoms with Gasteiger partial charge >= 0.3 is 5.69 Å². The molecule has 0 aliphatic carbocycles. The van der Waals surface area contributed by atoms with Crippen molar-refractivity contribution in [2.24, 2.45) is 0 Å². The normalized spacial score (nSPS) is 10.4. The molecule has 0 atom stereocenters. The van der Waals surface area contributed by atoms with Crippen LogP contribution in [0.5, 0.6) is 0 Å². The standard InChI is InChI=1S/C8H6BrN5O3/c9-6-1-11-13(3-6)8(15)5-12-4-7(2-10-12)14(16)17/h1-4H,5H2. The number of hydrogen-bond acceptors (Lipinski definition) is 5. The van der Waals surface area contributed by atoms with E-state index in [1.807, 2.05) is 0 Å². The number of carbonyl (C=O) groups is 1. The van der Waals surface area contributed by atoms with E-state index in [1.165, 1.54) is 23.3 Å². The monoisotopic (exact) mass is 299 g/mol. The molecule has 0 saturated carbocycles. The molecule has 0 radical (unpaired) electrons. The van der Waals surface area contributed by atoms with Crippen LogP contribution in [-0.2, 0) is 6.54 Å². The second kappa shape index (κ2) is 4.45. The summed E-state index contributed by atoms with van der Waals surface area (Å²) in [7, 11) is 0. The van der Waals surface area contributed by atoms with Crippen molar-refractivity contribution in [2.75, 3.05) is 0 Å². The van der Waals surface area contributed by atoms with E-state index in [0.29, 0.717) is 4.47 Å². The van der Waals surface area contributed by atoms with Gasteiger partial charge in [-0.3, -0.25) is 19.6 Å². The molecule has 2 aromatic heterocycles. The minimum absolute atomic E-state index is 0.109. The maximum atomic E-state index is 11.7. The highest BCUT2D eigenvalue weighted by atomic mass is 79.9. The Kier molecular flexibility index (Phi) is 3.00. The summed E-state index contributed by atoms with van der Waals surface area (Å²) in [6.07, 6.45) is 5.26. The molecular weight excluding hydrogens is 294 g/mol. The molecule has 0 aromatic carbocycles. The fourth-order valence-electron chi connectivity index (χ4n) is 1.18. The lowest BCUT2D eigenvalue weighted by Crippen LogP contribution is -2.18. The minimum atomic E-state index is -0.571. The molecule has 2 rings (SSSR count). The van der Waals surface area contributed by atoms with Gasteiger partial charge < -0.3 is 0 Å². The third kappa shape index (κ3) is 2.56. The molecule has 0 unspecified atom stereocenters. The van der Waals surface area contributed by atoms with E-state index in [1.54, 1.807) is 0 Å². The van der Waals surface area contributed by atoms with Crippen LogP contribution in [0.1, 0.15) is 4.79 Å². The Labute approximate surface area is 103 Å². The van der Waals surface area contributed by atoms with Crippen molar-refractivity contribution in [3.05, 3.63) is 39.4 Å². The predicted molar refractivity (Wildman–Crippen MR) is 59.4 cm³/mol. The molecule has 0 amide bonds. The summed E-state index contributed by atoms with van der Waals surface area (Å²) in [6.45, 7) is -0.109. The number of hydrogen-bond donors (Lipinski definition) is 0. The third-order valence-corrected chi connectivity index (χ3v) is 2.34. The van der Waals surface area contributed by atoms with Gasteiger partial charge in [-0.15, -0.1) is 0 Å². The first-order valence-corrected chi connectivity index (χ1v) is 5.26. The Morgan fingerprint density at radius 1 is 1.41 bits per heavy atom. The van der Waals surface area contributed by atoms with Crippen LogP contribution in [0.3, 0.4) is 0 Å². The van der Waals surface area contributed by atoms with Crippen molar-refractivity contribution < 1.29 is 9.72 Å². The van der Waals surface area contributed by atoms with E-state index in [9.17, 15) is 14.9 Å².